The molecule has 3 rings (SSSR count). The predicted octanol–water partition coefficient (Wildman–Crippen LogP) is 3.64. The summed E-state index contributed by atoms with van der Waals surface area (Å²) in [6.45, 7) is 0.0950. The van der Waals surface area contributed by atoms with Gasteiger partial charge < -0.3 is 10.1 Å². The van der Waals surface area contributed by atoms with E-state index in [1.807, 2.05) is 18.2 Å². The Kier molecular flexibility index (Phi) is 4.97. The van der Waals surface area contributed by atoms with E-state index in [1.54, 1.807) is 24.4 Å². The first-order valence-corrected chi connectivity index (χ1v) is 7.81. The summed E-state index contributed by atoms with van der Waals surface area (Å²) in [5.74, 6) is -0.351. The Balaban J connectivity index is 1.71. The van der Waals surface area contributed by atoms with E-state index in [4.69, 9.17) is 0 Å². The van der Waals surface area contributed by atoms with Crippen molar-refractivity contribution in [3.05, 3.63) is 71.7 Å². The normalized spacial score (nSPS) is 11.2. The number of amides is 1. The van der Waals surface area contributed by atoms with Crippen LogP contribution in [0.2, 0.25) is 0 Å². The summed E-state index contributed by atoms with van der Waals surface area (Å²) in [5.41, 5.74) is 2.35. The fraction of sp³-hybridized carbons (Fsp3) is 0.167. The molecular formula is C18H18FN3O3. The van der Waals surface area contributed by atoms with Crippen molar-refractivity contribution in [1.29, 1.82) is 0 Å². The molecular weight excluding hydrogens is 325 g/mol. The molecule has 0 radical (unpaired) electrons. The number of aromatic amines is 1. The van der Waals surface area contributed by atoms with Crippen LogP contribution >= 0.6 is 0 Å². The van der Waals surface area contributed by atoms with Crippen LogP contribution in [0.15, 0.2) is 54.7 Å². The molecule has 6 nitrogen and oxygen atoms in total. The summed E-state index contributed by atoms with van der Waals surface area (Å²) in [5, 5.41) is 21.7. The molecule has 1 aromatic heterocycles. The van der Waals surface area contributed by atoms with Gasteiger partial charge in [-0.1, -0.05) is 35.5 Å². The molecule has 7 heteroatoms. The van der Waals surface area contributed by atoms with E-state index in [9.17, 15) is 19.5 Å². The number of nitrogens with zero attached hydrogens (tertiary/aromatic N) is 2. The number of aromatic nitrogens is 1. The second-order valence-corrected chi connectivity index (χ2v) is 5.68. The Morgan fingerprint density at radius 3 is 2.64 bits per heavy atom. The first-order chi connectivity index (χ1) is 12.0. The van der Waals surface area contributed by atoms with Crippen LogP contribution in [0.1, 0.15) is 11.1 Å². The lowest BCUT2D eigenvalue weighted by molar-refractivity contribution is -0.233. The summed E-state index contributed by atoms with van der Waals surface area (Å²) in [6, 6.07) is 13.5. The molecule has 0 saturated heterocycles. The first-order valence-electron chi connectivity index (χ1n) is 7.81. The molecule has 0 bridgehead atoms. The van der Waals surface area contributed by atoms with Gasteiger partial charge in [-0.15, -0.1) is 0 Å². The fourth-order valence-electron chi connectivity index (χ4n) is 2.73. The number of hydrogen-bond donors (Lipinski definition) is 3. The standard InChI is InChI=1S/C18H18FN3O3/c19-15-6-7-17-16(10-15)14(11-20-17)8-9-21(18(23)24)22(25)12-13-4-2-1-3-5-13/h1-7,10-11,20,25H,8-9,12H2,(H,23,24). The molecule has 3 aromatic rings. The van der Waals surface area contributed by atoms with Crippen LogP contribution in [-0.4, -0.2) is 38.1 Å². The minimum absolute atomic E-state index is 0.0438. The van der Waals surface area contributed by atoms with Crippen LogP contribution < -0.4 is 0 Å². The Bertz CT molecular complexity index is 866. The summed E-state index contributed by atoms with van der Waals surface area (Å²) in [6.07, 6.45) is 0.800. The maximum Gasteiger partial charge on any atom is 0.423 e. The molecule has 0 fully saturated rings. The number of hydrazine groups is 1. The number of carbonyl (C=O) groups is 1. The third-order valence-electron chi connectivity index (χ3n) is 3.99. The molecule has 0 aliphatic rings. The van der Waals surface area contributed by atoms with Gasteiger partial charge in [-0.05, 0) is 35.7 Å². The molecule has 0 unspecified atom stereocenters. The smallest absolute Gasteiger partial charge is 0.423 e. The molecule has 0 aliphatic heterocycles. The maximum absolute atomic E-state index is 13.4. The summed E-state index contributed by atoms with van der Waals surface area (Å²) in [7, 11) is 0. The lowest BCUT2D eigenvalue weighted by atomic mass is 10.1. The van der Waals surface area contributed by atoms with Gasteiger partial charge in [0.1, 0.15) is 5.82 Å². The van der Waals surface area contributed by atoms with Crippen molar-refractivity contribution in [3.8, 4) is 0 Å². The zero-order valence-electron chi connectivity index (χ0n) is 13.4. The van der Waals surface area contributed by atoms with Crippen LogP contribution in [0, 0.1) is 5.82 Å². The van der Waals surface area contributed by atoms with Crippen LogP contribution in [0.25, 0.3) is 10.9 Å². The highest BCUT2D eigenvalue weighted by atomic mass is 19.1. The van der Waals surface area contributed by atoms with Crippen molar-refractivity contribution in [2.24, 2.45) is 0 Å². The van der Waals surface area contributed by atoms with E-state index in [0.29, 0.717) is 17.0 Å². The second kappa shape index (κ2) is 7.33. The zero-order chi connectivity index (χ0) is 17.8. The average molecular weight is 343 g/mol. The lowest BCUT2D eigenvalue weighted by Crippen LogP contribution is -2.44. The molecule has 0 saturated carbocycles. The molecule has 0 atom stereocenters. The highest BCUT2D eigenvalue weighted by molar-refractivity contribution is 5.83. The van der Waals surface area contributed by atoms with E-state index >= 15 is 0 Å². The third-order valence-corrected chi connectivity index (χ3v) is 3.99. The third kappa shape index (κ3) is 3.96. The predicted molar refractivity (Wildman–Crippen MR) is 90.5 cm³/mol. The molecule has 0 spiro atoms. The topological polar surface area (TPSA) is 79.8 Å². The largest absolute Gasteiger partial charge is 0.464 e. The lowest BCUT2D eigenvalue weighted by Gasteiger charge is -2.27. The number of fused-ring (bicyclic) bond motifs is 1. The van der Waals surface area contributed by atoms with Gasteiger partial charge in [-0.2, -0.15) is 0 Å². The summed E-state index contributed by atoms with van der Waals surface area (Å²) < 4.78 is 13.4. The number of halogens is 1. The van der Waals surface area contributed by atoms with Crippen LogP contribution in [0.3, 0.4) is 0 Å². The molecule has 25 heavy (non-hydrogen) atoms. The average Bonchev–Trinajstić information content (AvgIpc) is 2.98. The van der Waals surface area contributed by atoms with Gasteiger partial charge in [0.15, 0.2) is 0 Å². The number of benzene rings is 2. The molecule has 130 valence electrons. The maximum atomic E-state index is 13.4. The van der Waals surface area contributed by atoms with E-state index in [1.165, 1.54) is 12.1 Å². The minimum atomic E-state index is -1.26. The van der Waals surface area contributed by atoms with Crippen LogP contribution in [0.5, 0.6) is 0 Å². The highest BCUT2D eigenvalue weighted by Gasteiger charge is 2.20. The summed E-state index contributed by atoms with van der Waals surface area (Å²) in [4.78, 5) is 14.5. The van der Waals surface area contributed by atoms with E-state index < -0.39 is 6.09 Å². The van der Waals surface area contributed by atoms with E-state index in [0.717, 1.165) is 21.7 Å². The van der Waals surface area contributed by atoms with Gasteiger partial charge in [-0.3, -0.25) is 5.21 Å². The zero-order valence-corrected chi connectivity index (χ0v) is 13.4. The second-order valence-electron chi connectivity index (χ2n) is 5.68. The van der Waals surface area contributed by atoms with Gasteiger partial charge in [0.05, 0.1) is 6.54 Å². The van der Waals surface area contributed by atoms with Crippen LogP contribution in [0.4, 0.5) is 9.18 Å². The van der Waals surface area contributed by atoms with Crippen LogP contribution in [-0.2, 0) is 13.0 Å². The molecule has 3 N–H and O–H groups in total. The number of rotatable bonds is 6. The Morgan fingerprint density at radius 2 is 1.92 bits per heavy atom. The molecule has 1 amide bonds. The van der Waals surface area contributed by atoms with Gasteiger partial charge in [0.25, 0.3) is 0 Å². The molecule has 2 aromatic carbocycles. The molecule has 1 heterocycles. The number of H-pyrrole nitrogens is 1. The van der Waals surface area contributed by atoms with E-state index in [-0.39, 0.29) is 18.9 Å². The number of carboxylic acid groups (broad SMARTS) is 1. The molecule has 0 aliphatic carbocycles. The van der Waals surface area contributed by atoms with E-state index in [2.05, 4.69) is 4.98 Å². The summed E-state index contributed by atoms with van der Waals surface area (Å²) >= 11 is 0. The number of hydrogen-bond acceptors (Lipinski definition) is 3. The van der Waals surface area contributed by atoms with Crippen molar-refractivity contribution in [2.45, 2.75) is 13.0 Å². The SMILES string of the molecule is O=C(O)N(CCc1c[nH]c2ccc(F)cc12)N(O)Cc1ccccc1. The van der Waals surface area contributed by atoms with Gasteiger partial charge in [0.2, 0.25) is 0 Å². The van der Waals surface area contributed by atoms with Crippen molar-refractivity contribution >= 4 is 17.0 Å². The van der Waals surface area contributed by atoms with Gasteiger partial charge in [0, 0.05) is 23.6 Å². The minimum Gasteiger partial charge on any atom is -0.464 e. The Hall–Kier alpha value is -2.90. The highest BCUT2D eigenvalue weighted by Crippen LogP contribution is 2.20. The monoisotopic (exact) mass is 343 g/mol. The fourth-order valence-corrected chi connectivity index (χ4v) is 2.73. The Labute approximate surface area is 143 Å². The Morgan fingerprint density at radius 1 is 1.16 bits per heavy atom. The quantitative estimate of drug-likeness (QED) is 0.597. The first kappa shape index (κ1) is 16.9. The van der Waals surface area contributed by atoms with Crippen molar-refractivity contribution < 1.29 is 19.5 Å². The van der Waals surface area contributed by atoms with Gasteiger partial charge >= 0.3 is 6.09 Å². The van der Waals surface area contributed by atoms with Gasteiger partial charge in [-0.25, -0.2) is 14.2 Å². The van der Waals surface area contributed by atoms with Crippen molar-refractivity contribution in [1.82, 2.24) is 15.2 Å². The van der Waals surface area contributed by atoms with Crippen molar-refractivity contribution in [3.63, 3.8) is 0 Å². The number of hydroxylamine groups is 1. The number of nitrogens with one attached hydrogen (secondary N) is 1. The van der Waals surface area contributed by atoms with Crippen molar-refractivity contribution in [2.75, 3.05) is 6.54 Å².